The van der Waals surface area contributed by atoms with Crippen molar-refractivity contribution in [2.24, 2.45) is 5.92 Å². The molecule has 0 spiro atoms. The predicted molar refractivity (Wildman–Crippen MR) is 74.0 cm³/mol. The molecule has 7 heteroatoms. The molecule has 0 bridgehead atoms. The number of nitrogens with one attached hydrogen (secondary N) is 1. The zero-order valence-electron chi connectivity index (χ0n) is 11.4. The van der Waals surface area contributed by atoms with Crippen LogP contribution in [0, 0.1) is 16.0 Å². The molecule has 0 aromatic heterocycles. The number of nitrogens with zero attached hydrogens (tertiary/aromatic N) is 1. The van der Waals surface area contributed by atoms with Gasteiger partial charge in [0.1, 0.15) is 0 Å². The molecule has 110 valence electrons. The second-order valence-corrected chi connectivity index (χ2v) is 4.96. The van der Waals surface area contributed by atoms with Gasteiger partial charge < -0.3 is 15.5 Å². The number of hydrogen-bond acceptors (Lipinski definition) is 5. The van der Waals surface area contributed by atoms with E-state index in [1.165, 1.54) is 12.1 Å². The number of carboxylic acid groups (broad SMARTS) is 1. The van der Waals surface area contributed by atoms with E-state index >= 15 is 0 Å². The number of non-ortho nitro benzene ring substituents is 1. The fourth-order valence-corrected chi connectivity index (χ4v) is 1.83. The summed E-state index contributed by atoms with van der Waals surface area (Å²) >= 11 is 0. The van der Waals surface area contributed by atoms with Crippen LogP contribution in [0.1, 0.15) is 30.6 Å². The van der Waals surface area contributed by atoms with Gasteiger partial charge in [-0.1, -0.05) is 13.8 Å². The van der Waals surface area contributed by atoms with Crippen LogP contribution in [0.25, 0.3) is 0 Å². The van der Waals surface area contributed by atoms with Crippen LogP contribution >= 0.6 is 0 Å². The molecule has 0 heterocycles. The number of nitro benzene ring substituents is 1. The predicted octanol–water partition coefficient (Wildman–Crippen LogP) is 2.11. The second kappa shape index (κ2) is 6.85. The Morgan fingerprint density at radius 2 is 2.10 bits per heavy atom. The van der Waals surface area contributed by atoms with Gasteiger partial charge in [0.25, 0.3) is 5.69 Å². The summed E-state index contributed by atoms with van der Waals surface area (Å²) < 4.78 is 0. The SMILES string of the molecule is CC(C)CC(O)CNc1ccc([N+](=O)[O-])cc1C(=O)O. The van der Waals surface area contributed by atoms with E-state index in [2.05, 4.69) is 5.32 Å². The summed E-state index contributed by atoms with van der Waals surface area (Å²) in [6.45, 7) is 4.13. The highest BCUT2D eigenvalue weighted by atomic mass is 16.6. The number of aromatic carboxylic acids is 1. The number of rotatable bonds is 7. The minimum atomic E-state index is -1.26. The molecule has 1 aromatic rings. The van der Waals surface area contributed by atoms with Crippen molar-refractivity contribution < 1.29 is 19.9 Å². The van der Waals surface area contributed by atoms with Crippen molar-refractivity contribution in [1.82, 2.24) is 0 Å². The molecule has 0 aliphatic rings. The third-order valence-electron chi connectivity index (χ3n) is 2.72. The van der Waals surface area contributed by atoms with Crippen molar-refractivity contribution in [2.45, 2.75) is 26.4 Å². The van der Waals surface area contributed by atoms with Crippen LogP contribution in [-0.4, -0.2) is 33.8 Å². The van der Waals surface area contributed by atoms with Crippen LogP contribution in [0.15, 0.2) is 18.2 Å². The number of hydrogen-bond donors (Lipinski definition) is 3. The monoisotopic (exact) mass is 282 g/mol. The summed E-state index contributed by atoms with van der Waals surface area (Å²) in [6, 6.07) is 3.56. The first-order valence-corrected chi connectivity index (χ1v) is 6.25. The van der Waals surface area contributed by atoms with E-state index in [1.807, 2.05) is 13.8 Å². The quantitative estimate of drug-likeness (QED) is 0.521. The van der Waals surface area contributed by atoms with Gasteiger partial charge in [0.15, 0.2) is 0 Å². The van der Waals surface area contributed by atoms with Crippen LogP contribution in [0.3, 0.4) is 0 Å². The third-order valence-corrected chi connectivity index (χ3v) is 2.72. The van der Waals surface area contributed by atoms with Crippen molar-refractivity contribution in [3.63, 3.8) is 0 Å². The Bertz CT molecular complexity index is 502. The first-order chi connectivity index (χ1) is 9.31. The number of benzene rings is 1. The molecule has 1 atom stereocenters. The van der Waals surface area contributed by atoms with Crippen LogP contribution in [0.4, 0.5) is 11.4 Å². The van der Waals surface area contributed by atoms with E-state index in [4.69, 9.17) is 5.11 Å². The lowest BCUT2D eigenvalue weighted by atomic mass is 10.1. The fourth-order valence-electron chi connectivity index (χ4n) is 1.83. The summed E-state index contributed by atoms with van der Waals surface area (Å²) in [5, 5.41) is 32.2. The number of carboxylic acids is 1. The summed E-state index contributed by atoms with van der Waals surface area (Å²) in [5.74, 6) is -0.933. The highest BCUT2D eigenvalue weighted by Gasteiger charge is 2.16. The molecule has 0 amide bonds. The van der Waals surface area contributed by atoms with E-state index in [0.717, 1.165) is 6.07 Å². The van der Waals surface area contributed by atoms with Crippen LogP contribution in [0.5, 0.6) is 0 Å². The van der Waals surface area contributed by atoms with Gasteiger partial charge in [-0.15, -0.1) is 0 Å². The van der Waals surface area contributed by atoms with Crippen LogP contribution < -0.4 is 5.32 Å². The Hall–Kier alpha value is -2.15. The van der Waals surface area contributed by atoms with Gasteiger partial charge in [-0.05, 0) is 18.4 Å². The van der Waals surface area contributed by atoms with Gasteiger partial charge in [0.05, 0.1) is 16.6 Å². The molecular weight excluding hydrogens is 264 g/mol. The molecular formula is C13H18N2O5. The standard InChI is InChI=1S/C13H18N2O5/c1-8(2)5-10(16)7-14-12-4-3-9(15(19)20)6-11(12)13(17)18/h3-4,6,8,10,14,16H,5,7H2,1-2H3,(H,17,18). The summed E-state index contributed by atoms with van der Waals surface area (Å²) in [5.41, 5.74) is -0.211. The summed E-state index contributed by atoms with van der Waals surface area (Å²) in [7, 11) is 0. The maximum absolute atomic E-state index is 11.1. The molecule has 0 saturated carbocycles. The summed E-state index contributed by atoms with van der Waals surface area (Å²) in [4.78, 5) is 21.1. The molecule has 0 aliphatic heterocycles. The smallest absolute Gasteiger partial charge is 0.338 e. The van der Waals surface area contributed by atoms with Gasteiger partial charge in [0.2, 0.25) is 0 Å². The molecule has 1 aromatic carbocycles. The molecule has 1 rings (SSSR count). The zero-order chi connectivity index (χ0) is 15.3. The molecule has 0 aliphatic carbocycles. The lowest BCUT2D eigenvalue weighted by molar-refractivity contribution is -0.384. The molecule has 7 nitrogen and oxygen atoms in total. The minimum Gasteiger partial charge on any atom is -0.478 e. The molecule has 1 unspecified atom stereocenters. The van der Waals surface area contributed by atoms with E-state index < -0.39 is 17.0 Å². The second-order valence-electron chi connectivity index (χ2n) is 4.96. The average molecular weight is 282 g/mol. The number of nitro groups is 1. The zero-order valence-corrected chi connectivity index (χ0v) is 11.4. The van der Waals surface area contributed by atoms with Gasteiger partial charge in [-0.25, -0.2) is 4.79 Å². The molecule has 0 fully saturated rings. The highest BCUT2D eigenvalue weighted by molar-refractivity contribution is 5.95. The highest BCUT2D eigenvalue weighted by Crippen LogP contribution is 2.22. The van der Waals surface area contributed by atoms with Gasteiger partial charge in [0, 0.05) is 24.4 Å². The Morgan fingerprint density at radius 3 is 2.60 bits per heavy atom. The normalized spacial score (nSPS) is 12.2. The first kappa shape index (κ1) is 15.9. The lowest BCUT2D eigenvalue weighted by Crippen LogP contribution is -2.22. The van der Waals surface area contributed by atoms with E-state index in [-0.39, 0.29) is 23.5 Å². The largest absolute Gasteiger partial charge is 0.478 e. The maximum atomic E-state index is 11.1. The van der Waals surface area contributed by atoms with Crippen molar-refractivity contribution in [3.8, 4) is 0 Å². The Labute approximate surface area is 116 Å². The first-order valence-electron chi connectivity index (χ1n) is 6.25. The third kappa shape index (κ3) is 4.51. The molecule has 3 N–H and O–H groups in total. The van der Waals surface area contributed by atoms with Gasteiger partial charge in [-0.2, -0.15) is 0 Å². The van der Waals surface area contributed by atoms with Crippen molar-refractivity contribution >= 4 is 17.3 Å². The van der Waals surface area contributed by atoms with Crippen molar-refractivity contribution in [3.05, 3.63) is 33.9 Å². The van der Waals surface area contributed by atoms with Gasteiger partial charge >= 0.3 is 5.97 Å². The summed E-state index contributed by atoms with van der Waals surface area (Å²) in [6.07, 6.45) is -0.0191. The molecule has 0 saturated heterocycles. The molecule has 0 radical (unpaired) electrons. The minimum absolute atomic E-state index is 0.184. The number of anilines is 1. The topological polar surface area (TPSA) is 113 Å². The average Bonchev–Trinajstić information content (AvgIpc) is 2.35. The number of carbonyl (C=O) groups is 1. The lowest BCUT2D eigenvalue weighted by Gasteiger charge is -2.15. The number of aliphatic hydroxyl groups is 1. The van der Waals surface area contributed by atoms with Crippen LogP contribution in [0.2, 0.25) is 0 Å². The van der Waals surface area contributed by atoms with Crippen molar-refractivity contribution in [1.29, 1.82) is 0 Å². The Balaban J connectivity index is 2.84. The van der Waals surface area contributed by atoms with E-state index in [9.17, 15) is 20.0 Å². The van der Waals surface area contributed by atoms with Crippen molar-refractivity contribution in [2.75, 3.05) is 11.9 Å². The Kier molecular flexibility index (Phi) is 5.45. The maximum Gasteiger partial charge on any atom is 0.338 e. The van der Waals surface area contributed by atoms with E-state index in [1.54, 1.807) is 0 Å². The molecule has 20 heavy (non-hydrogen) atoms. The Morgan fingerprint density at radius 1 is 1.45 bits per heavy atom. The fraction of sp³-hybridized carbons (Fsp3) is 0.462. The number of aliphatic hydroxyl groups excluding tert-OH is 1. The van der Waals surface area contributed by atoms with Gasteiger partial charge in [-0.3, -0.25) is 10.1 Å². The van der Waals surface area contributed by atoms with Crippen LogP contribution in [-0.2, 0) is 0 Å². The van der Waals surface area contributed by atoms with E-state index in [0.29, 0.717) is 12.3 Å².